The first kappa shape index (κ1) is 13.2. The molecule has 2 rings (SSSR count). The minimum absolute atomic E-state index is 0.0337. The average Bonchev–Trinajstić information content (AvgIpc) is 2.81. The molecule has 0 saturated heterocycles. The Labute approximate surface area is 109 Å². The fourth-order valence-corrected chi connectivity index (χ4v) is 2.84. The van der Waals surface area contributed by atoms with Gasteiger partial charge in [-0.1, -0.05) is 27.2 Å². The van der Waals surface area contributed by atoms with Gasteiger partial charge in [-0.25, -0.2) is 4.79 Å². The molecule has 1 heterocycles. The first-order valence-corrected chi connectivity index (χ1v) is 6.82. The van der Waals surface area contributed by atoms with Gasteiger partial charge in [0.05, 0.1) is 6.26 Å². The van der Waals surface area contributed by atoms with E-state index in [1.807, 2.05) is 0 Å². The summed E-state index contributed by atoms with van der Waals surface area (Å²) in [4.78, 5) is 11.9. The van der Waals surface area contributed by atoms with Crippen LogP contribution in [0.15, 0.2) is 22.8 Å². The van der Waals surface area contributed by atoms with Gasteiger partial charge < -0.3 is 9.15 Å². The van der Waals surface area contributed by atoms with Gasteiger partial charge in [0.15, 0.2) is 0 Å². The van der Waals surface area contributed by atoms with E-state index in [0.717, 1.165) is 12.8 Å². The summed E-state index contributed by atoms with van der Waals surface area (Å²) in [5.41, 5.74) is 0. The smallest absolute Gasteiger partial charge is 0.374 e. The van der Waals surface area contributed by atoms with Crippen LogP contribution >= 0.6 is 0 Å². The molecule has 0 N–H and O–H groups in total. The molecule has 0 radical (unpaired) electrons. The second kappa shape index (κ2) is 5.59. The molecular weight excluding hydrogens is 228 g/mol. The van der Waals surface area contributed by atoms with Crippen LogP contribution < -0.4 is 0 Å². The van der Waals surface area contributed by atoms with Crippen molar-refractivity contribution >= 4 is 5.97 Å². The van der Waals surface area contributed by atoms with Crippen LogP contribution in [-0.4, -0.2) is 12.1 Å². The first-order chi connectivity index (χ1) is 8.58. The number of carbonyl (C=O) groups excluding carboxylic acids is 1. The van der Waals surface area contributed by atoms with E-state index in [1.165, 1.54) is 12.7 Å². The monoisotopic (exact) mass is 250 g/mol. The zero-order valence-electron chi connectivity index (χ0n) is 11.4. The molecule has 0 aliphatic heterocycles. The van der Waals surface area contributed by atoms with Gasteiger partial charge in [0.25, 0.3) is 0 Å². The summed E-state index contributed by atoms with van der Waals surface area (Å²) in [7, 11) is 0. The Morgan fingerprint density at radius 3 is 2.83 bits per heavy atom. The third kappa shape index (κ3) is 2.95. The molecular formula is C15H22O3. The van der Waals surface area contributed by atoms with Gasteiger partial charge in [0.2, 0.25) is 5.76 Å². The second-order valence-electron chi connectivity index (χ2n) is 5.75. The van der Waals surface area contributed by atoms with Crippen molar-refractivity contribution in [2.24, 2.45) is 17.8 Å². The number of furan rings is 1. The predicted molar refractivity (Wildman–Crippen MR) is 69.3 cm³/mol. The van der Waals surface area contributed by atoms with Gasteiger partial charge in [0, 0.05) is 0 Å². The van der Waals surface area contributed by atoms with E-state index in [-0.39, 0.29) is 12.1 Å². The maximum atomic E-state index is 11.9. The van der Waals surface area contributed by atoms with Crippen molar-refractivity contribution in [3.8, 4) is 0 Å². The molecule has 0 bridgehead atoms. The lowest BCUT2D eigenvalue weighted by Crippen LogP contribution is -2.35. The molecule has 1 fully saturated rings. The quantitative estimate of drug-likeness (QED) is 0.764. The second-order valence-corrected chi connectivity index (χ2v) is 5.75. The van der Waals surface area contributed by atoms with E-state index in [0.29, 0.717) is 23.5 Å². The molecule has 0 aromatic carbocycles. The van der Waals surface area contributed by atoms with E-state index in [9.17, 15) is 4.79 Å². The van der Waals surface area contributed by atoms with Gasteiger partial charge in [0.1, 0.15) is 6.10 Å². The van der Waals surface area contributed by atoms with Crippen molar-refractivity contribution in [3.63, 3.8) is 0 Å². The Bertz CT molecular complexity index is 380. The number of carbonyl (C=O) groups is 1. The molecule has 18 heavy (non-hydrogen) atoms. The van der Waals surface area contributed by atoms with Crippen LogP contribution in [0.3, 0.4) is 0 Å². The third-order valence-corrected chi connectivity index (χ3v) is 3.94. The maximum absolute atomic E-state index is 11.9. The van der Waals surface area contributed by atoms with Crippen LogP contribution in [0.25, 0.3) is 0 Å². The molecule has 3 atom stereocenters. The van der Waals surface area contributed by atoms with E-state index in [1.54, 1.807) is 12.1 Å². The van der Waals surface area contributed by atoms with Crippen molar-refractivity contribution in [1.29, 1.82) is 0 Å². The molecule has 100 valence electrons. The summed E-state index contributed by atoms with van der Waals surface area (Å²) in [5, 5.41) is 0. The van der Waals surface area contributed by atoms with Crippen molar-refractivity contribution in [2.45, 2.75) is 46.1 Å². The van der Waals surface area contributed by atoms with E-state index in [4.69, 9.17) is 9.15 Å². The zero-order chi connectivity index (χ0) is 13.1. The summed E-state index contributed by atoms with van der Waals surface area (Å²) in [6.07, 6.45) is 4.88. The van der Waals surface area contributed by atoms with Crippen LogP contribution in [-0.2, 0) is 4.74 Å². The molecule has 1 aliphatic rings. The molecule has 1 saturated carbocycles. The lowest BCUT2D eigenvalue weighted by Gasteiger charge is -2.36. The number of esters is 1. The first-order valence-electron chi connectivity index (χ1n) is 6.82. The molecule has 0 spiro atoms. The normalized spacial score (nSPS) is 28.3. The highest BCUT2D eigenvalue weighted by atomic mass is 16.6. The van der Waals surface area contributed by atoms with Gasteiger partial charge >= 0.3 is 5.97 Å². The minimum Gasteiger partial charge on any atom is -0.457 e. The van der Waals surface area contributed by atoms with Gasteiger partial charge in [-0.05, 0) is 42.7 Å². The standard InChI is InChI=1S/C15H22O3/c1-10(2)12-7-6-11(3)9-14(12)18-15(16)13-5-4-8-17-13/h4-5,8,10-12,14H,6-7,9H2,1-3H3/t11-,12+,14+/m1/s1. The van der Waals surface area contributed by atoms with E-state index >= 15 is 0 Å². The average molecular weight is 250 g/mol. The number of ether oxygens (including phenoxy) is 1. The molecule has 0 unspecified atom stereocenters. The van der Waals surface area contributed by atoms with Crippen molar-refractivity contribution in [1.82, 2.24) is 0 Å². The zero-order valence-corrected chi connectivity index (χ0v) is 11.4. The highest BCUT2D eigenvalue weighted by Gasteiger charge is 2.33. The Kier molecular flexibility index (Phi) is 4.10. The Morgan fingerprint density at radius 2 is 2.22 bits per heavy atom. The molecule has 3 heteroatoms. The van der Waals surface area contributed by atoms with Crippen LogP contribution in [0.5, 0.6) is 0 Å². The summed E-state index contributed by atoms with van der Waals surface area (Å²) >= 11 is 0. The summed E-state index contributed by atoms with van der Waals surface area (Å²) in [5.74, 6) is 1.63. The van der Waals surface area contributed by atoms with Gasteiger partial charge in [-0.3, -0.25) is 0 Å². The summed E-state index contributed by atoms with van der Waals surface area (Å²) in [6.45, 7) is 6.63. The van der Waals surface area contributed by atoms with Gasteiger partial charge in [-0.15, -0.1) is 0 Å². The Hall–Kier alpha value is -1.25. The molecule has 0 amide bonds. The number of rotatable bonds is 3. The highest BCUT2D eigenvalue weighted by molar-refractivity contribution is 5.86. The highest BCUT2D eigenvalue weighted by Crippen LogP contribution is 2.35. The van der Waals surface area contributed by atoms with E-state index in [2.05, 4.69) is 20.8 Å². The van der Waals surface area contributed by atoms with Crippen LogP contribution in [0, 0.1) is 17.8 Å². The number of hydrogen-bond acceptors (Lipinski definition) is 3. The van der Waals surface area contributed by atoms with Crippen molar-refractivity contribution < 1.29 is 13.9 Å². The largest absolute Gasteiger partial charge is 0.457 e. The topological polar surface area (TPSA) is 39.4 Å². The van der Waals surface area contributed by atoms with Crippen LogP contribution in [0.4, 0.5) is 0 Å². The van der Waals surface area contributed by atoms with Crippen molar-refractivity contribution in [2.75, 3.05) is 0 Å². The minimum atomic E-state index is -0.329. The Balaban J connectivity index is 2.02. The van der Waals surface area contributed by atoms with Gasteiger partial charge in [-0.2, -0.15) is 0 Å². The third-order valence-electron chi connectivity index (χ3n) is 3.94. The summed E-state index contributed by atoms with van der Waals surface area (Å²) in [6, 6.07) is 3.36. The van der Waals surface area contributed by atoms with Crippen LogP contribution in [0.2, 0.25) is 0 Å². The summed E-state index contributed by atoms with van der Waals surface area (Å²) < 4.78 is 10.7. The molecule has 3 nitrogen and oxygen atoms in total. The fraction of sp³-hybridized carbons (Fsp3) is 0.667. The Morgan fingerprint density at radius 1 is 1.44 bits per heavy atom. The molecule has 1 aromatic heterocycles. The molecule has 1 aromatic rings. The lowest BCUT2D eigenvalue weighted by atomic mass is 9.75. The van der Waals surface area contributed by atoms with Crippen molar-refractivity contribution in [3.05, 3.63) is 24.2 Å². The number of hydrogen-bond donors (Lipinski definition) is 0. The van der Waals surface area contributed by atoms with Crippen LogP contribution in [0.1, 0.15) is 50.6 Å². The fourth-order valence-electron chi connectivity index (χ4n) is 2.84. The maximum Gasteiger partial charge on any atom is 0.374 e. The predicted octanol–water partition coefficient (Wildman–Crippen LogP) is 3.90. The molecule has 1 aliphatic carbocycles. The van der Waals surface area contributed by atoms with E-state index < -0.39 is 0 Å². The SMILES string of the molecule is CC(C)[C@@H]1CC[C@@H](C)C[C@@H]1OC(=O)c1ccco1. The lowest BCUT2D eigenvalue weighted by molar-refractivity contribution is -0.0198.